The monoisotopic (exact) mass is 254 g/mol. The topological polar surface area (TPSA) is 72.8 Å². The smallest absolute Gasteiger partial charge is 0.295 e. The quantitative estimate of drug-likeness (QED) is 0.704. The molecule has 0 bridgehead atoms. The Morgan fingerprint density at radius 3 is 2.87 bits per heavy atom. The van der Waals surface area contributed by atoms with E-state index in [9.17, 15) is 8.42 Å². The minimum atomic E-state index is -4.17. The first-order chi connectivity index (χ1) is 6.57. The lowest BCUT2D eigenvalue weighted by Crippen LogP contribution is -2.39. The third-order valence-corrected chi connectivity index (χ3v) is 3.01. The van der Waals surface area contributed by atoms with Gasteiger partial charge in [-0.3, -0.25) is 4.55 Å². The van der Waals surface area contributed by atoms with Crippen molar-refractivity contribution < 1.29 is 22.4 Å². The summed E-state index contributed by atoms with van der Waals surface area (Å²) in [5, 5.41) is 0. The number of rotatable bonds is 1. The molecule has 2 rings (SSSR count). The van der Waals surface area contributed by atoms with Gasteiger partial charge in [-0.15, -0.1) is 12.4 Å². The molecule has 2 atom stereocenters. The lowest BCUT2D eigenvalue weighted by Gasteiger charge is -2.31. The predicted octanol–water partition coefficient (Wildman–Crippen LogP) is 0.881. The van der Waals surface area contributed by atoms with Crippen LogP contribution < -0.4 is 0 Å². The summed E-state index contributed by atoms with van der Waals surface area (Å²) < 4.78 is 40.6. The molecule has 1 N–H and O–H groups in total. The zero-order valence-electron chi connectivity index (χ0n) is 7.70. The van der Waals surface area contributed by atoms with E-state index in [1.165, 1.54) is 0 Å². The average Bonchev–Trinajstić information content (AvgIpc) is 2.16. The minimum Gasteiger partial charge on any atom is -0.491 e. The first-order valence-electron chi connectivity index (χ1n) is 4.18. The molecule has 0 radical (unpaired) electrons. The van der Waals surface area contributed by atoms with E-state index in [1.54, 1.807) is 6.08 Å². The Kier molecular flexibility index (Phi) is 3.77. The summed E-state index contributed by atoms with van der Waals surface area (Å²) in [6, 6.07) is 0. The first kappa shape index (κ1) is 12.5. The molecule has 0 amide bonds. The molecule has 0 aromatic heterocycles. The van der Waals surface area contributed by atoms with Gasteiger partial charge in [-0.2, -0.15) is 8.42 Å². The Morgan fingerprint density at radius 1 is 1.47 bits per heavy atom. The molecule has 2 unspecified atom stereocenters. The van der Waals surface area contributed by atoms with Crippen molar-refractivity contribution in [2.45, 2.75) is 18.0 Å². The summed E-state index contributed by atoms with van der Waals surface area (Å²) in [5.74, 6) is 0.618. The fourth-order valence-corrected chi connectivity index (χ4v) is 1.91. The average molecular weight is 255 g/mol. The van der Waals surface area contributed by atoms with Crippen LogP contribution in [-0.4, -0.2) is 31.1 Å². The third kappa shape index (κ3) is 2.72. The fraction of sp³-hybridized carbons (Fsp3) is 0.500. The van der Waals surface area contributed by atoms with Crippen LogP contribution in [0, 0.1) is 0 Å². The standard InChI is InChI=1S/C8H10O5S.ClH/c9-14(10,11)8-5-12-6-3-1-2-4-7(6)13-8;/h1-3,7-8H,4-5H2,(H,9,10,11);1H. The highest BCUT2D eigenvalue weighted by Gasteiger charge is 2.35. The maximum atomic E-state index is 10.8. The highest BCUT2D eigenvalue weighted by Crippen LogP contribution is 2.25. The van der Waals surface area contributed by atoms with E-state index in [-0.39, 0.29) is 25.1 Å². The van der Waals surface area contributed by atoms with Crippen molar-refractivity contribution in [1.82, 2.24) is 0 Å². The molecule has 15 heavy (non-hydrogen) atoms. The van der Waals surface area contributed by atoms with Crippen molar-refractivity contribution in [3.05, 3.63) is 24.0 Å². The van der Waals surface area contributed by atoms with Crippen LogP contribution in [0.2, 0.25) is 0 Å². The second kappa shape index (κ2) is 4.52. The molecule has 5 nitrogen and oxygen atoms in total. The van der Waals surface area contributed by atoms with Crippen molar-refractivity contribution in [2.24, 2.45) is 0 Å². The Morgan fingerprint density at radius 2 is 2.20 bits per heavy atom. The molecular formula is C8H11ClO5S. The molecule has 0 aromatic rings. The van der Waals surface area contributed by atoms with Crippen LogP contribution in [0.25, 0.3) is 0 Å². The molecule has 1 saturated heterocycles. The maximum Gasteiger partial charge on any atom is 0.295 e. The molecular weight excluding hydrogens is 244 g/mol. The van der Waals surface area contributed by atoms with Crippen molar-refractivity contribution in [3.63, 3.8) is 0 Å². The normalized spacial score (nSPS) is 29.5. The van der Waals surface area contributed by atoms with E-state index >= 15 is 0 Å². The third-order valence-electron chi connectivity index (χ3n) is 2.10. The molecule has 1 aliphatic heterocycles. The largest absolute Gasteiger partial charge is 0.491 e. The van der Waals surface area contributed by atoms with Crippen LogP contribution >= 0.6 is 12.4 Å². The van der Waals surface area contributed by atoms with Gasteiger partial charge >= 0.3 is 0 Å². The number of ether oxygens (including phenoxy) is 2. The van der Waals surface area contributed by atoms with Gasteiger partial charge in [-0.25, -0.2) is 0 Å². The summed E-state index contributed by atoms with van der Waals surface area (Å²) in [7, 11) is -4.17. The van der Waals surface area contributed by atoms with Gasteiger partial charge in [0.15, 0.2) is 0 Å². The molecule has 1 fully saturated rings. The number of hydrogen-bond acceptors (Lipinski definition) is 4. The van der Waals surface area contributed by atoms with E-state index in [1.807, 2.05) is 12.2 Å². The molecule has 2 aliphatic rings. The van der Waals surface area contributed by atoms with E-state index in [4.69, 9.17) is 14.0 Å². The van der Waals surface area contributed by atoms with Crippen LogP contribution in [0.15, 0.2) is 24.0 Å². The van der Waals surface area contributed by atoms with E-state index in [2.05, 4.69) is 0 Å². The molecule has 0 aromatic carbocycles. The zero-order chi connectivity index (χ0) is 10.2. The molecule has 86 valence electrons. The van der Waals surface area contributed by atoms with Crippen molar-refractivity contribution in [2.75, 3.05) is 6.61 Å². The van der Waals surface area contributed by atoms with Crippen LogP contribution in [0.4, 0.5) is 0 Å². The maximum absolute atomic E-state index is 10.8. The Labute approximate surface area is 93.9 Å². The Hall–Kier alpha value is -0.560. The summed E-state index contributed by atoms with van der Waals surface area (Å²) in [4.78, 5) is 0. The fourth-order valence-electron chi connectivity index (χ4n) is 1.40. The van der Waals surface area contributed by atoms with Gasteiger partial charge in [0.25, 0.3) is 10.1 Å². The highest BCUT2D eigenvalue weighted by atomic mass is 35.5. The summed E-state index contributed by atoms with van der Waals surface area (Å²) in [6.07, 6.45) is 5.58. The number of fused-ring (bicyclic) bond motifs is 1. The van der Waals surface area contributed by atoms with Crippen molar-refractivity contribution in [3.8, 4) is 0 Å². The zero-order valence-corrected chi connectivity index (χ0v) is 9.33. The van der Waals surface area contributed by atoms with Gasteiger partial charge in [0.1, 0.15) is 18.5 Å². The molecule has 7 heteroatoms. The van der Waals surface area contributed by atoms with Crippen LogP contribution in [0.5, 0.6) is 0 Å². The van der Waals surface area contributed by atoms with E-state index in [0.717, 1.165) is 0 Å². The van der Waals surface area contributed by atoms with Gasteiger partial charge in [0.2, 0.25) is 5.44 Å². The van der Waals surface area contributed by atoms with Crippen molar-refractivity contribution in [1.29, 1.82) is 0 Å². The number of halogens is 1. The predicted molar refractivity (Wildman–Crippen MR) is 55.2 cm³/mol. The van der Waals surface area contributed by atoms with Crippen LogP contribution in [0.1, 0.15) is 6.42 Å². The Balaban J connectivity index is 0.00000112. The van der Waals surface area contributed by atoms with Gasteiger partial charge in [0, 0.05) is 0 Å². The van der Waals surface area contributed by atoms with Crippen molar-refractivity contribution >= 4 is 22.5 Å². The molecule has 1 heterocycles. The van der Waals surface area contributed by atoms with E-state index in [0.29, 0.717) is 12.2 Å². The van der Waals surface area contributed by atoms with E-state index < -0.39 is 15.6 Å². The van der Waals surface area contributed by atoms with Gasteiger partial charge in [-0.1, -0.05) is 12.2 Å². The lowest BCUT2D eigenvalue weighted by atomic mass is 10.1. The number of allylic oxidation sites excluding steroid dienone is 2. The summed E-state index contributed by atoms with van der Waals surface area (Å²) in [5.41, 5.74) is -1.27. The lowest BCUT2D eigenvalue weighted by molar-refractivity contribution is -0.0652. The van der Waals surface area contributed by atoms with Gasteiger partial charge < -0.3 is 9.47 Å². The first-order valence-corrected chi connectivity index (χ1v) is 5.69. The van der Waals surface area contributed by atoms with Gasteiger partial charge in [-0.05, 0) is 12.5 Å². The second-order valence-electron chi connectivity index (χ2n) is 3.11. The summed E-state index contributed by atoms with van der Waals surface area (Å²) in [6.45, 7) is -0.158. The van der Waals surface area contributed by atoms with Gasteiger partial charge in [0.05, 0.1) is 0 Å². The molecule has 1 aliphatic carbocycles. The van der Waals surface area contributed by atoms with Crippen LogP contribution in [-0.2, 0) is 19.6 Å². The SMILES string of the molecule is Cl.O=S(=O)(O)C1COC2=CC=CCC2O1. The van der Waals surface area contributed by atoms with Crippen LogP contribution in [0.3, 0.4) is 0 Å². The highest BCUT2D eigenvalue weighted by molar-refractivity contribution is 7.86. The number of hydrogen-bond donors (Lipinski definition) is 1. The summed E-state index contributed by atoms with van der Waals surface area (Å²) >= 11 is 0. The molecule has 0 spiro atoms. The second-order valence-corrected chi connectivity index (χ2v) is 4.67. The minimum absolute atomic E-state index is 0. The molecule has 0 saturated carbocycles. The Bertz CT molecular complexity index is 386.